The van der Waals surface area contributed by atoms with Crippen molar-refractivity contribution in [2.45, 2.75) is 40.5 Å². The predicted molar refractivity (Wildman–Crippen MR) is 67.5 cm³/mol. The van der Waals surface area contributed by atoms with E-state index in [1.165, 1.54) is 6.08 Å². The van der Waals surface area contributed by atoms with E-state index in [1.54, 1.807) is 6.92 Å². The summed E-state index contributed by atoms with van der Waals surface area (Å²) in [6, 6.07) is 0. The lowest BCUT2D eigenvalue weighted by Gasteiger charge is -2.35. The molecule has 0 amide bonds. The Balaban J connectivity index is 2.55. The zero-order valence-corrected chi connectivity index (χ0v) is 11.0. The number of carbonyl (C=O) groups is 2. The van der Waals surface area contributed by atoms with Crippen LogP contribution in [0.2, 0.25) is 0 Å². The molecular weight excluding hydrogens is 212 g/mol. The van der Waals surface area contributed by atoms with Gasteiger partial charge in [-0.15, -0.1) is 0 Å². The van der Waals surface area contributed by atoms with Crippen molar-refractivity contribution >= 4 is 11.6 Å². The van der Waals surface area contributed by atoms with Crippen molar-refractivity contribution in [3.63, 3.8) is 0 Å². The highest BCUT2D eigenvalue weighted by Gasteiger charge is 2.38. The quantitative estimate of drug-likeness (QED) is 0.651. The summed E-state index contributed by atoms with van der Waals surface area (Å²) < 4.78 is 0. The topological polar surface area (TPSA) is 34.1 Å². The maximum Gasteiger partial charge on any atom is 0.185 e. The van der Waals surface area contributed by atoms with Crippen molar-refractivity contribution < 1.29 is 9.59 Å². The van der Waals surface area contributed by atoms with Gasteiger partial charge >= 0.3 is 0 Å². The Morgan fingerprint density at radius 2 is 1.82 bits per heavy atom. The van der Waals surface area contributed by atoms with E-state index in [9.17, 15) is 9.59 Å². The van der Waals surface area contributed by atoms with Crippen LogP contribution < -0.4 is 0 Å². The molecule has 0 radical (unpaired) electrons. The minimum Gasteiger partial charge on any atom is -0.290 e. The van der Waals surface area contributed by atoms with E-state index in [2.05, 4.69) is 20.8 Å². The van der Waals surface area contributed by atoms with E-state index in [4.69, 9.17) is 0 Å². The molecular formula is C15H20O2. The summed E-state index contributed by atoms with van der Waals surface area (Å²) >= 11 is 0. The highest BCUT2D eigenvalue weighted by atomic mass is 16.1. The number of hydrogen-bond acceptors (Lipinski definition) is 2. The first-order valence-electron chi connectivity index (χ1n) is 6.44. The molecule has 2 aliphatic carbocycles. The molecule has 2 aliphatic rings. The lowest BCUT2D eigenvalue weighted by molar-refractivity contribution is -0.117. The molecule has 0 bridgehead atoms. The zero-order valence-electron chi connectivity index (χ0n) is 11.0. The van der Waals surface area contributed by atoms with Gasteiger partial charge < -0.3 is 0 Å². The van der Waals surface area contributed by atoms with Crippen LogP contribution >= 0.6 is 0 Å². The van der Waals surface area contributed by atoms with Crippen molar-refractivity contribution in [1.82, 2.24) is 0 Å². The Labute approximate surface area is 103 Å². The Bertz CT molecular complexity index is 438. The normalized spacial score (nSPS) is 29.6. The summed E-state index contributed by atoms with van der Waals surface area (Å²) in [5.41, 5.74) is 2.22. The number of Topliss-reactive ketones (excluding diaryl/α,β-unsaturated/α-hetero) is 1. The molecule has 0 N–H and O–H groups in total. The molecule has 2 rings (SSSR count). The van der Waals surface area contributed by atoms with Crippen LogP contribution in [0.15, 0.2) is 22.8 Å². The lowest BCUT2D eigenvalue weighted by Crippen LogP contribution is -2.32. The van der Waals surface area contributed by atoms with Gasteiger partial charge in [-0.3, -0.25) is 9.59 Å². The zero-order chi connectivity index (χ0) is 12.7. The van der Waals surface area contributed by atoms with Gasteiger partial charge in [0.1, 0.15) is 0 Å². The van der Waals surface area contributed by atoms with Gasteiger partial charge in [0.25, 0.3) is 0 Å². The molecule has 2 nitrogen and oxygen atoms in total. The second-order valence-corrected chi connectivity index (χ2v) is 5.68. The Kier molecular flexibility index (Phi) is 3.07. The van der Waals surface area contributed by atoms with Gasteiger partial charge in [0.05, 0.1) is 0 Å². The molecule has 0 aromatic rings. The molecule has 0 heterocycles. The van der Waals surface area contributed by atoms with Crippen LogP contribution in [-0.2, 0) is 9.59 Å². The molecule has 0 aromatic carbocycles. The summed E-state index contributed by atoms with van der Waals surface area (Å²) in [4.78, 5) is 24.4. The summed E-state index contributed by atoms with van der Waals surface area (Å²) in [5.74, 6) is 1.09. The molecule has 0 saturated heterocycles. The maximum absolute atomic E-state index is 12.3. The van der Waals surface area contributed by atoms with Crippen LogP contribution in [0.5, 0.6) is 0 Å². The standard InChI is InChI=1S/C15H20O2/c1-8(2)11-6-5-9(3)13-12(16)7-10(4)15(17)14(11)13/h7-9,11H,5-6H2,1-4H3/t9-,11+/m1/s1. The summed E-state index contributed by atoms with van der Waals surface area (Å²) in [6.45, 7) is 8.08. The molecule has 2 atom stereocenters. The van der Waals surface area contributed by atoms with Gasteiger partial charge in [0.2, 0.25) is 0 Å². The van der Waals surface area contributed by atoms with Gasteiger partial charge in [-0.2, -0.15) is 0 Å². The number of ketones is 2. The summed E-state index contributed by atoms with van der Waals surface area (Å²) in [5, 5.41) is 0. The van der Waals surface area contributed by atoms with Crippen molar-refractivity contribution in [3.8, 4) is 0 Å². The van der Waals surface area contributed by atoms with Gasteiger partial charge in [-0.05, 0) is 43.6 Å². The SMILES string of the molecule is CC1=CC(=O)C2=C(C1=O)[C@H](C(C)C)CC[C@H]2C. The second-order valence-electron chi connectivity index (χ2n) is 5.68. The first-order chi connectivity index (χ1) is 7.93. The third kappa shape index (κ3) is 1.90. The maximum atomic E-state index is 12.3. The third-order valence-corrected chi connectivity index (χ3v) is 4.09. The molecule has 2 heteroatoms. The fraction of sp³-hybridized carbons (Fsp3) is 0.600. The Morgan fingerprint density at radius 1 is 1.18 bits per heavy atom. The molecule has 17 heavy (non-hydrogen) atoms. The van der Waals surface area contributed by atoms with E-state index in [0.29, 0.717) is 11.5 Å². The van der Waals surface area contributed by atoms with Gasteiger partial charge in [-0.1, -0.05) is 20.8 Å². The van der Waals surface area contributed by atoms with E-state index >= 15 is 0 Å². The molecule has 0 spiro atoms. The fourth-order valence-corrected chi connectivity index (χ4v) is 3.07. The number of allylic oxidation sites excluding steroid dienone is 4. The first kappa shape index (κ1) is 12.3. The number of hydrogen-bond donors (Lipinski definition) is 0. The molecule has 0 unspecified atom stereocenters. The monoisotopic (exact) mass is 232 g/mol. The van der Waals surface area contributed by atoms with Crippen LogP contribution in [-0.4, -0.2) is 11.6 Å². The highest BCUT2D eigenvalue weighted by Crippen LogP contribution is 2.41. The van der Waals surface area contributed by atoms with Gasteiger partial charge in [-0.25, -0.2) is 0 Å². The Morgan fingerprint density at radius 3 is 2.41 bits per heavy atom. The summed E-state index contributed by atoms with van der Waals surface area (Å²) in [6.07, 6.45) is 3.57. The van der Waals surface area contributed by atoms with Crippen LogP contribution in [0, 0.1) is 17.8 Å². The average molecular weight is 232 g/mol. The van der Waals surface area contributed by atoms with E-state index in [0.717, 1.165) is 24.0 Å². The van der Waals surface area contributed by atoms with Crippen molar-refractivity contribution in [2.75, 3.05) is 0 Å². The molecule has 0 saturated carbocycles. The number of carbonyl (C=O) groups excluding carboxylic acids is 2. The molecule has 0 aromatic heterocycles. The molecule has 0 fully saturated rings. The number of rotatable bonds is 1. The predicted octanol–water partition coefficient (Wildman–Crippen LogP) is 3.08. The average Bonchev–Trinajstić information content (AvgIpc) is 2.25. The Hall–Kier alpha value is -1.18. The lowest BCUT2D eigenvalue weighted by atomic mass is 9.68. The van der Waals surface area contributed by atoms with Crippen LogP contribution in [0.1, 0.15) is 40.5 Å². The summed E-state index contributed by atoms with van der Waals surface area (Å²) in [7, 11) is 0. The van der Waals surface area contributed by atoms with Crippen LogP contribution in [0.4, 0.5) is 0 Å². The van der Waals surface area contributed by atoms with Crippen molar-refractivity contribution in [1.29, 1.82) is 0 Å². The highest BCUT2D eigenvalue weighted by molar-refractivity contribution is 6.23. The van der Waals surface area contributed by atoms with Crippen LogP contribution in [0.3, 0.4) is 0 Å². The van der Waals surface area contributed by atoms with Crippen molar-refractivity contribution in [2.24, 2.45) is 17.8 Å². The minimum absolute atomic E-state index is 0.0648. The largest absolute Gasteiger partial charge is 0.290 e. The van der Waals surface area contributed by atoms with Gasteiger partial charge in [0.15, 0.2) is 11.6 Å². The third-order valence-electron chi connectivity index (χ3n) is 4.09. The minimum atomic E-state index is 0.0648. The van der Waals surface area contributed by atoms with E-state index in [-0.39, 0.29) is 23.4 Å². The fourth-order valence-electron chi connectivity index (χ4n) is 3.07. The molecule has 92 valence electrons. The van der Waals surface area contributed by atoms with E-state index in [1.807, 2.05) is 0 Å². The van der Waals surface area contributed by atoms with Crippen LogP contribution in [0.25, 0.3) is 0 Å². The first-order valence-corrected chi connectivity index (χ1v) is 6.44. The van der Waals surface area contributed by atoms with Crippen molar-refractivity contribution in [3.05, 3.63) is 22.8 Å². The second kappa shape index (κ2) is 4.25. The van der Waals surface area contributed by atoms with E-state index < -0.39 is 0 Å². The molecule has 0 aliphatic heterocycles. The van der Waals surface area contributed by atoms with Gasteiger partial charge in [0, 0.05) is 16.7 Å². The smallest absolute Gasteiger partial charge is 0.185 e.